The average molecular weight is 431 g/mol. The smallest absolute Gasteiger partial charge is 0.342 e. The Morgan fingerprint density at radius 3 is 2.45 bits per heavy atom. The lowest BCUT2D eigenvalue weighted by Crippen LogP contribution is -2.45. The van der Waals surface area contributed by atoms with Crippen LogP contribution < -0.4 is 0 Å². The zero-order chi connectivity index (χ0) is 21.2. The van der Waals surface area contributed by atoms with Crippen molar-refractivity contribution >= 4 is 7.60 Å². The van der Waals surface area contributed by atoms with Crippen LogP contribution in [0.1, 0.15) is 19.4 Å². The molecule has 0 aromatic heterocycles. The van der Waals surface area contributed by atoms with Gasteiger partial charge in [0, 0.05) is 19.1 Å². The van der Waals surface area contributed by atoms with E-state index >= 15 is 0 Å². The van der Waals surface area contributed by atoms with E-state index in [1.54, 1.807) is 13.8 Å². The maximum atomic E-state index is 13.1. The molecule has 2 heterocycles. The quantitative estimate of drug-likeness (QED) is 0.330. The van der Waals surface area contributed by atoms with E-state index in [0.29, 0.717) is 0 Å². The third-order valence-corrected chi connectivity index (χ3v) is 7.23. The summed E-state index contributed by atoms with van der Waals surface area (Å²) in [5.74, 6) is -0.903. The molecule has 0 unspecified atom stereocenters. The molecule has 0 N–H and O–H groups in total. The third kappa shape index (κ3) is 4.86. The maximum Gasteiger partial charge on any atom is 0.342 e. The molecule has 29 heavy (non-hydrogen) atoms. The number of ether oxygens (including phenoxy) is 4. The minimum absolute atomic E-state index is 0.216. The second-order valence-electron chi connectivity index (χ2n) is 7.32. The fourth-order valence-corrected chi connectivity index (χ4v) is 5.28. The van der Waals surface area contributed by atoms with E-state index in [2.05, 4.69) is 0 Å². The molecule has 5 atom stereocenters. The molecule has 0 aliphatic carbocycles. The summed E-state index contributed by atoms with van der Waals surface area (Å²) >= 11 is 0. The van der Waals surface area contributed by atoms with Crippen molar-refractivity contribution in [1.82, 2.24) is 0 Å². The summed E-state index contributed by atoms with van der Waals surface area (Å²) in [6.45, 7) is 3.01. The molecule has 1 aromatic carbocycles. The first-order valence-corrected chi connectivity index (χ1v) is 10.8. The highest BCUT2D eigenvalue weighted by atomic mass is 31.2. The van der Waals surface area contributed by atoms with Crippen molar-refractivity contribution < 1.29 is 37.5 Å². The molecule has 3 rings (SSSR count). The van der Waals surface area contributed by atoms with Crippen molar-refractivity contribution in [1.29, 1.82) is 0 Å². The van der Waals surface area contributed by atoms with E-state index in [0.717, 1.165) is 5.56 Å². The summed E-state index contributed by atoms with van der Waals surface area (Å²) in [6.07, 6.45) is -3.21. The molecule has 0 amide bonds. The first-order valence-electron chi connectivity index (χ1n) is 9.19. The van der Waals surface area contributed by atoms with Crippen molar-refractivity contribution in [2.75, 3.05) is 20.8 Å². The minimum atomic E-state index is -3.86. The van der Waals surface area contributed by atoms with Gasteiger partial charge in [-0.2, -0.15) is 0 Å². The Morgan fingerprint density at radius 1 is 1.21 bits per heavy atom. The predicted octanol–water partition coefficient (Wildman–Crippen LogP) is 2.58. The number of hydrogen-bond acceptors (Lipinski definition) is 9. The summed E-state index contributed by atoms with van der Waals surface area (Å²) in [5, 5.41) is 11.3. The van der Waals surface area contributed by atoms with Crippen molar-refractivity contribution in [3.05, 3.63) is 46.0 Å². The lowest BCUT2D eigenvalue weighted by Gasteiger charge is -2.31. The topological polar surface area (TPSA) is 116 Å². The van der Waals surface area contributed by atoms with Gasteiger partial charge in [-0.3, -0.25) is 14.7 Å². The predicted molar refractivity (Wildman–Crippen MR) is 101 cm³/mol. The van der Waals surface area contributed by atoms with Gasteiger partial charge in [-0.25, -0.2) is 0 Å². The molecule has 2 fully saturated rings. The van der Waals surface area contributed by atoms with Gasteiger partial charge in [-0.15, -0.1) is 0 Å². The minimum Gasteiger partial charge on any atom is -0.368 e. The number of benzene rings is 1. The van der Waals surface area contributed by atoms with Crippen LogP contribution >= 0.6 is 7.60 Å². The number of nitro groups is 1. The van der Waals surface area contributed by atoms with E-state index in [1.165, 1.54) is 14.2 Å². The molecular formula is C18H26NO9P. The Bertz CT molecular complexity index is 751. The third-order valence-electron chi connectivity index (χ3n) is 4.94. The first kappa shape index (κ1) is 22.3. The van der Waals surface area contributed by atoms with Crippen LogP contribution in [-0.4, -0.2) is 61.7 Å². The van der Waals surface area contributed by atoms with Crippen molar-refractivity contribution in [2.45, 2.75) is 56.5 Å². The number of hydrogen-bond donors (Lipinski definition) is 0. The summed E-state index contributed by atoms with van der Waals surface area (Å²) in [4.78, 5) is 10.7. The molecule has 0 spiro atoms. The van der Waals surface area contributed by atoms with Crippen molar-refractivity contribution in [3.8, 4) is 0 Å². The fraction of sp³-hybridized carbons (Fsp3) is 0.667. The summed E-state index contributed by atoms with van der Waals surface area (Å²) < 4.78 is 46.8. The highest BCUT2D eigenvalue weighted by Gasteiger charge is 2.61. The Labute approximate surface area is 169 Å². The molecule has 2 aliphatic heterocycles. The monoisotopic (exact) mass is 431 g/mol. The van der Waals surface area contributed by atoms with E-state index in [1.807, 2.05) is 30.3 Å². The molecule has 0 radical (unpaired) electrons. The van der Waals surface area contributed by atoms with Gasteiger partial charge in [-0.05, 0) is 19.4 Å². The standard InChI is InChI=1S/C18H26NO9P/c1-18(2)27-16-15(25-11-12-8-6-5-7-9-12)14(26-17(16)28-18)13(10-19(20)21)29(22,23-3)24-4/h5-9,13-17H,10-11H2,1-4H3/t13-,14-,15-,16+,17+/m1/s1. The van der Waals surface area contributed by atoms with Gasteiger partial charge in [0.05, 0.1) is 6.61 Å². The van der Waals surface area contributed by atoms with E-state index in [4.69, 9.17) is 28.0 Å². The molecule has 1 aromatic rings. The van der Waals surface area contributed by atoms with Gasteiger partial charge < -0.3 is 28.0 Å². The summed E-state index contributed by atoms with van der Waals surface area (Å²) in [7, 11) is -1.49. The average Bonchev–Trinajstić information content (AvgIpc) is 3.16. The Hall–Kier alpha value is -1.39. The number of nitrogens with zero attached hydrogens (tertiary/aromatic N) is 1. The normalized spacial score (nSPS) is 29.5. The molecule has 11 heteroatoms. The molecule has 0 saturated carbocycles. The van der Waals surface area contributed by atoms with Gasteiger partial charge >= 0.3 is 7.60 Å². The zero-order valence-corrected chi connectivity index (χ0v) is 17.7. The maximum absolute atomic E-state index is 13.1. The van der Waals surface area contributed by atoms with Gasteiger partial charge in [-0.1, -0.05) is 30.3 Å². The van der Waals surface area contributed by atoms with Crippen LogP contribution in [0.4, 0.5) is 0 Å². The molecule has 0 bridgehead atoms. The van der Waals surface area contributed by atoms with Gasteiger partial charge in [0.15, 0.2) is 17.7 Å². The zero-order valence-electron chi connectivity index (χ0n) is 16.8. The Kier molecular flexibility index (Phi) is 6.74. The second-order valence-corrected chi connectivity index (χ2v) is 9.79. The van der Waals surface area contributed by atoms with Crippen LogP contribution in [-0.2, 0) is 39.2 Å². The van der Waals surface area contributed by atoms with Gasteiger partial charge in [0.1, 0.15) is 18.3 Å². The fourth-order valence-electron chi connectivity index (χ4n) is 3.65. The van der Waals surface area contributed by atoms with Gasteiger partial charge in [0.25, 0.3) is 0 Å². The Balaban J connectivity index is 1.89. The van der Waals surface area contributed by atoms with E-state index < -0.39 is 55.1 Å². The van der Waals surface area contributed by atoms with Crippen LogP contribution in [0.25, 0.3) is 0 Å². The van der Waals surface area contributed by atoms with Crippen LogP contribution in [0.3, 0.4) is 0 Å². The van der Waals surface area contributed by atoms with Crippen LogP contribution in [0.2, 0.25) is 0 Å². The Morgan fingerprint density at radius 2 is 1.86 bits per heavy atom. The molecule has 10 nitrogen and oxygen atoms in total. The van der Waals surface area contributed by atoms with E-state index in [-0.39, 0.29) is 6.61 Å². The highest BCUT2D eigenvalue weighted by molar-refractivity contribution is 7.54. The SMILES string of the molecule is COP(=O)(OC)[C@H](C[N+](=O)[O-])[C@H]1O[C@H]2OC(C)(C)O[C@H]2[C@@H]1OCc1ccccc1. The molecule has 2 aliphatic rings. The van der Waals surface area contributed by atoms with Gasteiger partial charge in [0.2, 0.25) is 6.54 Å². The second kappa shape index (κ2) is 8.77. The first-order chi connectivity index (χ1) is 13.7. The molecule has 2 saturated heterocycles. The molecule has 162 valence electrons. The van der Waals surface area contributed by atoms with Crippen LogP contribution in [0, 0.1) is 10.1 Å². The van der Waals surface area contributed by atoms with Crippen LogP contribution in [0.5, 0.6) is 0 Å². The largest absolute Gasteiger partial charge is 0.368 e. The summed E-state index contributed by atoms with van der Waals surface area (Å²) in [6, 6.07) is 9.42. The van der Waals surface area contributed by atoms with Crippen molar-refractivity contribution in [2.24, 2.45) is 0 Å². The number of fused-ring (bicyclic) bond motifs is 1. The highest BCUT2D eigenvalue weighted by Crippen LogP contribution is 2.56. The number of rotatable bonds is 9. The summed E-state index contributed by atoms with van der Waals surface area (Å²) in [5.41, 5.74) is -0.297. The lowest BCUT2D eigenvalue weighted by atomic mass is 10.1. The van der Waals surface area contributed by atoms with E-state index in [9.17, 15) is 14.7 Å². The molecular weight excluding hydrogens is 405 g/mol. The lowest BCUT2D eigenvalue weighted by molar-refractivity contribution is -0.482. The van der Waals surface area contributed by atoms with Crippen molar-refractivity contribution in [3.63, 3.8) is 0 Å². The van der Waals surface area contributed by atoms with Crippen LogP contribution in [0.15, 0.2) is 30.3 Å².